The molecule has 0 bridgehead atoms. The molecular weight excluding hydrogens is 306 g/mol. The standard InChI is InChI=1S/C17H23N5O2/c1-12(2)9-14-5-4-8-21(14)17(23)13-6-7-16(24-3)15(10-13)22-11-18-19-20-22/h6-7,10-12,14H,4-5,8-9H2,1-3H3/t14-/m0/s1. The van der Waals surface area contributed by atoms with Crippen LogP contribution in [0.4, 0.5) is 0 Å². The number of carbonyl (C=O) groups excluding carboxylic acids is 1. The van der Waals surface area contributed by atoms with E-state index < -0.39 is 0 Å². The fourth-order valence-electron chi connectivity index (χ4n) is 3.33. The van der Waals surface area contributed by atoms with Gasteiger partial charge < -0.3 is 9.64 Å². The Hall–Kier alpha value is -2.44. The minimum atomic E-state index is 0.0649. The van der Waals surface area contributed by atoms with Gasteiger partial charge in [-0.15, -0.1) is 5.10 Å². The number of aromatic nitrogens is 4. The molecule has 3 rings (SSSR count). The lowest BCUT2D eigenvalue weighted by Crippen LogP contribution is -2.36. The number of hydrogen-bond acceptors (Lipinski definition) is 5. The zero-order valence-electron chi connectivity index (χ0n) is 14.3. The van der Waals surface area contributed by atoms with E-state index in [1.54, 1.807) is 25.3 Å². The number of tetrazole rings is 1. The summed E-state index contributed by atoms with van der Waals surface area (Å²) in [5, 5.41) is 11.2. The molecule has 7 nitrogen and oxygen atoms in total. The molecule has 1 aromatic carbocycles. The van der Waals surface area contributed by atoms with Gasteiger partial charge in [-0.3, -0.25) is 4.79 Å². The predicted molar refractivity (Wildman–Crippen MR) is 89.2 cm³/mol. The van der Waals surface area contributed by atoms with Gasteiger partial charge in [0.1, 0.15) is 17.8 Å². The smallest absolute Gasteiger partial charge is 0.254 e. The zero-order valence-corrected chi connectivity index (χ0v) is 14.3. The Morgan fingerprint density at radius 3 is 2.92 bits per heavy atom. The first-order valence-electron chi connectivity index (χ1n) is 8.32. The van der Waals surface area contributed by atoms with Gasteiger partial charge in [0.05, 0.1) is 7.11 Å². The minimum absolute atomic E-state index is 0.0649. The molecule has 24 heavy (non-hydrogen) atoms. The summed E-state index contributed by atoms with van der Waals surface area (Å²) in [6.07, 6.45) is 4.68. The molecule has 1 saturated heterocycles. The van der Waals surface area contributed by atoms with Gasteiger partial charge in [-0.05, 0) is 53.8 Å². The summed E-state index contributed by atoms with van der Waals surface area (Å²) in [6.45, 7) is 5.22. The van der Waals surface area contributed by atoms with Crippen molar-refractivity contribution in [3.8, 4) is 11.4 Å². The number of rotatable bonds is 5. The van der Waals surface area contributed by atoms with E-state index in [1.807, 2.05) is 4.90 Å². The first-order valence-corrected chi connectivity index (χ1v) is 8.32. The molecule has 0 spiro atoms. The van der Waals surface area contributed by atoms with Crippen molar-refractivity contribution in [1.82, 2.24) is 25.1 Å². The van der Waals surface area contributed by atoms with Crippen molar-refractivity contribution >= 4 is 5.91 Å². The van der Waals surface area contributed by atoms with Crippen molar-refractivity contribution in [2.24, 2.45) is 5.92 Å². The lowest BCUT2D eigenvalue weighted by molar-refractivity contribution is 0.0722. The Labute approximate surface area is 141 Å². The molecule has 0 radical (unpaired) electrons. The summed E-state index contributed by atoms with van der Waals surface area (Å²) in [5.74, 6) is 1.27. The van der Waals surface area contributed by atoms with E-state index in [-0.39, 0.29) is 5.91 Å². The molecule has 0 unspecified atom stereocenters. The van der Waals surface area contributed by atoms with E-state index >= 15 is 0 Å². The molecule has 1 fully saturated rings. The summed E-state index contributed by atoms with van der Waals surface area (Å²) >= 11 is 0. The molecule has 1 atom stereocenters. The molecule has 128 valence electrons. The van der Waals surface area contributed by atoms with Crippen LogP contribution in [-0.4, -0.2) is 50.7 Å². The van der Waals surface area contributed by atoms with Crippen molar-refractivity contribution in [2.75, 3.05) is 13.7 Å². The first kappa shape index (κ1) is 16.4. The lowest BCUT2D eigenvalue weighted by Gasteiger charge is -2.26. The van der Waals surface area contributed by atoms with Crippen molar-refractivity contribution in [2.45, 2.75) is 39.2 Å². The number of nitrogens with zero attached hydrogens (tertiary/aromatic N) is 5. The maximum Gasteiger partial charge on any atom is 0.254 e. The number of carbonyl (C=O) groups is 1. The van der Waals surface area contributed by atoms with Gasteiger partial charge in [0.25, 0.3) is 5.91 Å². The average Bonchev–Trinajstić information content (AvgIpc) is 3.24. The summed E-state index contributed by atoms with van der Waals surface area (Å²) in [7, 11) is 1.59. The third kappa shape index (κ3) is 3.25. The van der Waals surface area contributed by atoms with Gasteiger partial charge in [-0.25, -0.2) is 0 Å². The highest BCUT2D eigenvalue weighted by Gasteiger charge is 2.30. The van der Waals surface area contributed by atoms with Crippen molar-refractivity contribution in [3.05, 3.63) is 30.1 Å². The van der Waals surface area contributed by atoms with Crippen LogP contribution in [0.25, 0.3) is 5.69 Å². The fourth-order valence-corrected chi connectivity index (χ4v) is 3.33. The maximum atomic E-state index is 13.0. The van der Waals surface area contributed by atoms with E-state index in [9.17, 15) is 4.79 Å². The largest absolute Gasteiger partial charge is 0.494 e. The Kier molecular flexibility index (Phi) is 4.78. The van der Waals surface area contributed by atoms with Gasteiger partial charge in [0.2, 0.25) is 0 Å². The summed E-state index contributed by atoms with van der Waals surface area (Å²) < 4.78 is 6.87. The van der Waals surface area contributed by atoms with Crippen LogP contribution in [0.15, 0.2) is 24.5 Å². The van der Waals surface area contributed by atoms with Gasteiger partial charge in [0, 0.05) is 18.2 Å². The third-order valence-corrected chi connectivity index (χ3v) is 4.40. The Balaban J connectivity index is 1.89. The Morgan fingerprint density at radius 2 is 2.25 bits per heavy atom. The predicted octanol–water partition coefficient (Wildman–Crippen LogP) is 2.32. The van der Waals surface area contributed by atoms with Crippen molar-refractivity contribution < 1.29 is 9.53 Å². The van der Waals surface area contributed by atoms with Gasteiger partial charge in [-0.1, -0.05) is 13.8 Å². The van der Waals surface area contributed by atoms with Gasteiger partial charge in [0.15, 0.2) is 0 Å². The fraction of sp³-hybridized carbons (Fsp3) is 0.529. The Morgan fingerprint density at radius 1 is 1.42 bits per heavy atom. The second-order valence-corrected chi connectivity index (χ2v) is 6.57. The molecule has 0 saturated carbocycles. The number of amides is 1. The molecule has 0 aliphatic carbocycles. The second kappa shape index (κ2) is 6.98. The number of hydrogen-bond donors (Lipinski definition) is 0. The lowest BCUT2D eigenvalue weighted by atomic mass is 10.0. The van der Waals surface area contributed by atoms with Crippen LogP contribution in [0, 0.1) is 5.92 Å². The van der Waals surface area contributed by atoms with E-state index in [2.05, 4.69) is 29.4 Å². The monoisotopic (exact) mass is 329 g/mol. The van der Waals surface area contributed by atoms with Gasteiger partial charge >= 0.3 is 0 Å². The molecule has 1 aliphatic rings. The maximum absolute atomic E-state index is 13.0. The molecule has 1 aromatic heterocycles. The average molecular weight is 329 g/mol. The minimum Gasteiger partial charge on any atom is -0.494 e. The molecule has 2 aromatic rings. The van der Waals surface area contributed by atoms with Crippen LogP contribution >= 0.6 is 0 Å². The van der Waals surface area contributed by atoms with Crippen molar-refractivity contribution in [1.29, 1.82) is 0 Å². The molecular formula is C17H23N5O2. The van der Waals surface area contributed by atoms with Crippen LogP contribution in [0.3, 0.4) is 0 Å². The van der Waals surface area contributed by atoms with E-state index in [0.29, 0.717) is 29.0 Å². The van der Waals surface area contributed by atoms with Gasteiger partial charge in [-0.2, -0.15) is 4.68 Å². The number of likely N-dealkylation sites (tertiary alicyclic amines) is 1. The number of methoxy groups -OCH3 is 1. The highest BCUT2D eigenvalue weighted by molar-refractivity contribution is 5.95. The molecule has 1 amide bonds. The molecule has 1 aliphatic heterocycles. The van der Waals surface area contributed by atoms with Crippen LogP contribution in [0.2, 0.25) is 0 Å². The van der Waals surface area contributed by atoms with Crippen LogP contribution in [0.1, 0.15) is 43.5 Å². The quantitative estimate of drug-likeness (QED) is 0.842. The second-order valence-electron chi connectivity index (χ2n) is 6.57. The van der Waals surface area contributed by atoms with E-state index in [0.717, 1.165) is 25.8 Å². The summed E-state index contributed by atoms with van der Waals surface area (Å²) in [6, 6.07) is 5.72. The Bertz CT molecular complexity index is 699. The van der Waals surface area contributed by atoms with E-state index in [4.69, 9.17) is 4.74 Å². The van der Waals surface area contributed by atoms with Crippen LogP contribution in [0.5, 0.6) is 5.75 Å². The molecule has 7 heteroatoms. The normalized spacial score (nSPS) is 17.5. The summed E-state index contributed by atoms with van der Waals surface area (Å²) in [4.78, 5) is 15.0. The summed E-state index contributed by atoms with van der Waals surface area (Å²) in [5.41, 5.74) is 1.30. The number of benzene rings is 1. The highest BCUT2D eigenvalue weighted by atomic mass is 16.5. The SMILES string of the molecule is COc1ccc(C(=O)N2CCC[C@H]2CC(C)C)cc1-n1cnnn1. The topological polar surface area (TPSA) is 73.1 Å². The first-order chi connectivity index (χ1) is 11.6. The zero-order chi connectivity index (χ0) is 17.1. The molecule has 0 N–H and O–H groups in total. The molecule has 2 heterocycles. The van der Waals surface area contributed by atoms with Crippen molar-refractivity contribution in [3.63, 3.8) is 0 Å². The van der Waals surface area contributed by atoms with E-state index in [1.165, 1.54) is 11.0 Å². The third-order valence-electron chi connectivity index (χ3n) is 4.40. The van der Waals surface area contributed by atoms with Crippen LogP contribution in [-0.2, 0) is 0 Å². The highest BCUT2D eigenvalue weighted by Crippen LogP contribution is 2.28. The number of ether oxygens (including phenoxy) is 1. The van der Waals surface area contributed by atoms with Crippen LogP contribution < -0.4 is 4.74 Å².